The molecule has 8 nitrogen and oxygen atoms in total. The number of ketones is 2. The van der Waals surface area contributed by atoms with E-state index in [1.54, 1.807) is 13.8 Å². The molecule has 1 saturated heterocycles. The topological polar surface area (TPSA) is 114 Å². The van der Waals surface area contributed by atoms with Gasteiger partial charge < -0.3 is 20.1 Å². The minimum absolute atomic E-state index is 0.0770. The number of aryl methyl sites for hydroxylation is 1. The maximum absolute atomic E-state index is 13.7. The summed E-state index contributed by atoms with van der Waals surface area (Å²) < 4.78 is 10.6. The van der Waals surface area contributed by atoms with Crippen LogP contribution in [-0.4, -0.2) is 47.9 Å². The Balaban J connectivity index is 1.41. The normalized spacial score (nSPS) is 17.8. The summed E-state index contributed by atoms with van der Waals surface area (Å²) in [5.41, 5.74) is 1.87. The van der Waals surface area contributed by atoms with Crippen LogP contribution in [0.5, 0.6) is 0 Å². The maximum Gasteiger partial charge on any atom is 0.408 e. The molecular weight excluding hydrogens is 532 g/mol. The first kappa shape index (κ1) is 30.7. The van der Waals surface area contributed by atoms with E-state index in [2.05, 4.69) is 10.6 Å². The molecule has 0 spiro atoms. The summed E-state index contributed by atoms with van der Waals surface area (Å²) >= 11 is 0. The largest absolute Gasteiger partial charge is 0.445 e. The summed E-state index contributed by atoms with van der Waals surface area (Å²) in [5, 5.41) is 5.52. The van der Waals surface area contributed by atoms with Crippen LogP contribution in [0.2, 0.25) is 0 Å². The Morgan fingerprint density at radius 1 is 0.833 bits per heavy atom. The molecule has 1 aliphatic rings. The van der Waals surface area contributed by atoms with Crippen molar-refractivity contribution in [2.45, 2.75) is 63.8 Å². The van der Waals surface area contributed by atoms with Crippen molar-refractivity contribution in [2.75, 3.05) is 6.61 Å². The first-order valence-electron chi connectivity index (χ1n) is 14.3. The molecule has 2 amide bonds. The lowest BCUT2D eigenvalue weighted by molar-refractivity contribution is -0.134. The van der Waals surface area contributed by atoms with Crippen molar-refractivity contribution in [1.29, 1.82) is 0 Å². The summed E-state index contributed by atoms with van der Waals surface area (Å²) in [4.78, 5) is 52.6. The van der Waals surface area contributed by atoms with Gasteiger partial charge in [0, 0.05) is 12.3 Å². The number of benzene rings is 3. The highest BCUT2D eigenvalue weighted by Gasteiger charge is 2.50. The summed E-state index contributed by atoms with van der Waals surface area (Å²) in [6.07, 6.45) is 0.478. The molecule has 0 aromatic heterocycles. The highest BCUT2D eigenvalue weighted by Crippen LogP contribution is 2.29. The van der Waals surface area contributed by atoms with Crippen molar-refractivity contribution in [1.82, 2.24) is 10.6 Å². The van der Waals surface area contributed by atoms with Crippen molar-refractivity contribution in [3.8, 4) is 0 Å². The van der Waals surface area contributed by atoms with Crippen LogP contribution >= 0.6 is 0 Å². The van der Waals surface area contributed by atoms with Crippen molar-refractivity contribution in [3.63, 3.8) is 0 Å². The van der Waals surface area contributed by atoms with Gasteiger partial charge in [0.25, 0.3) is 0 Å². The number of rotatable bonds is 15. The van der Waals surface area contributed by atoms with Gasteiger partial charge in [-0.15, -0.1) is 0 Å². The van der Waals surface area contributed by atoms with Crippen molar-refractivity contribution < 1.29 is 28.7 Å². The average molecular weight is 571 g/mol. The second-order valence-electron chi connectivity index (χ2n) is 11.0. The average Bonchev–Trinajstić information content (AvgIpc) is 3.77. The Labute approximate surface area is 246 Å². The predicted octanol–water partition coefficient (Wildman–Crippen LogP) is 4.60. The van der Waals surface area contributed by atoms with E-state index in [9.17, 15) is 19.2 Å². The van der Waals surface area contributed by atoms with E-state index in [0.717, 1.165) is 16.7 Å². The number of hydrogen-bond donors (Lipinski definition) is 2. The zero-order valence-electron chi connectivity index (χ0n) is 24.1. The van der Waals surface area contributed by atoms with Crippen molar-refractivity contribution in [2.24, 2.45) is 5.92 Å². The quantitative estimate of drug-likeness (QED) is 0.258. The summed E-state index contributed by atoms with van der Waals surface area (Å²) in [6, 6.07) is 26.8. The van der Waals surface area contributed by atoms with Crippen LogP contribution in [0, 0.1) is 5.92 Å². The first-order valence-corrected chi connectivity index (χ1v) is 14.3. The highest BCUT2D eigenvalue weighted by molar-refractivity contribution is 5.98. The number of alkyl carbamates (subject to hydrolysis) is 1. The van der Waals surface area contributed by atoms with Gasteiger partial charge in [0.05, 0.1) is 18.7 Å². The van der Waals surface area contributed by atoms with Crippen LogP contribution in [0.25, 0.3) is 0 Å². The van der Waals surface area contributed by atoms with Gasteiger partial charge in [-0.05, 0) is 49.8 Å². The fourth-order valence-electron chi connectivity index (χ4n) is 4.73. The van der Waals surface area contributed by atoms with E-state index in [1.165, 1.54) is 0 Å². The molecule has 0 unspecified atom stereocenters. The van der Waals surface area contributed by atoms with E-state index in [0.29, 0.717) is 25.9 Å². The highest BCUT2D eigenvalue weighted by atomic mass is 16.6. The number of epoxide rings is 1. The minimum atomic E-state index is -0.905. The Morgan fingerprint density at radius 3 is 1.95 bits per heavy atom. The molecule has 8 heteroatoms. The van der Waals surface area contributed by atoms with Crippen molar-refractivity contribution in [3.05, 3.63) is 108 Å². The summed E-state index contributed by atoms with van der Waals surface area (Å²) in [5.74, 6) is -1.62. The number of carbonyl (C=O) groups excluding carboxylic acids is 4. The van der Waals surface area contributed by atoms with E-state index < -0.39 is 29.7 Å². The van der Waals surface area contributed by atoms with Gasteiger partial charge in [-0.25, -0.2) is 4.79 Å². The Hall–Kier alpha value is -4.30. The van der Waals surface area contributed by atoms with Crippen LogP contribution in [0.4, 0.5) is 4.79 Å². The standard InChI is InChI=1S/C34H38N2O6/c1-24(35-33(40)41-22-27-16-10-5-11-17-27)30(37)21-28(20-26-14-8-4-9-15-26)32(39)36-29(31(38)34(2)23-42-34)19-18-25-12-6-3-7-13-25/h3-17,24,28-29H,18-23H2,1-2H3,(H,35,40)(H,36,39)/t24-,28+,29-,34+/m0/s1. The number of nitrogens with one attached hydrogen (secondary N) is 2. The number of hydrogen-bond acceptors (Lipinski definition) is 6. The second-order valence-corrected chi connectivity index (χ2v) is 11.0. The lowest BCUT2D eigenvalue weighted by atomic mass is 9.90. The Bertz CT molecular complexity index is 1340. The lowest BCUT2D eigenvalue weighted by Crippen LogP contribution is -2.49. The zero-order valence-corrected chi connectivity index (χ0v) is 24.1. The molecule has 0 radical (unpaired) electrons. The number of amides is 2. The molecule has 0 aliphatic carbocycles. The summed E-state index contributed by atoms with van der Waals surface area (Å²) in [6.45, 7) is 3.69. The molecule has 220 valence electrons. The molecule has 4 rings (SSSR count). The zero-order chi connectivity index (χ0) is 30.0. The number of ether oxygens (including phenoxy) is 2. The van der Waals surface area contributed by atoms with Crippen molar-refractivity contribution >= 4 is 23.6 Å². The van der Waals surface area contributed by atoms with Gasteiger partial charge in [-0.2, -0.15) is 0 Å². The monoisotopic (exact) mass is 570 g/mol. The molecule has 4 atom stereocenters. The van der Waals surface area contributed by atoms with Crippen LogP contribution in [0.1, 0.15) is 43.4 Å². The van der Waals surface area contributed by atoms with E-state index >= 15 is 0 Å². The van der Waals surface area contributed by atoms with Gasteiger partial charge in [0.2, 0.25) is 5.91 Å². The molecule has 1 heterocycles. The maximum atomic E-state index is 13.7. The van der Waals surface area contributed by atoms with Gasteiger partial charge >= 0.3 is 6.09 Å². The van der Waals surface area contributed by atoms with Crippen LogP contribution < -0.4 is 10.6 Å². The van der Waals surface area contributed by atoms with E-state index in [1.807, 2.05) is 91.0 Å². The SMILES string of the molecule is C[C@H](NC(=O)OCc1ccccc1)C(=O)C[C@@H](Cc1ccccc1)C(=O)N[C@@H](CCc1ccccc1)C(=O)[C@@]1(C)CO1. The fraction of sp³-hybridized carbons (Fsp3) is 0.353. The Kier molecular flexibility index (Phi) is 10.6. The molecule has 0 bridgehead atoms. The number of carbonyl (C=O) groups is 4. The molecule has 3 aromatic carbocycles. The smallest absolute Gasteiger partial charge is 0.408 e. The third-order valence-electron chi connectivity index (χ3n) is 7.47. The third-order valence-corrected chi connectivity index (χ3v) is 7.47. The van der Waals surface area contributed by atoms with Crippen LogP contribution in [-0.2, 0) is 43.3 Å². The van der Waals surface area contributed by atoms with Crippen LogP contribution in [0.15, 0.2) is 91.0 Å². The molecular formula is C34H38N2O6. The third kappa shape index (κ3) is 9.11. The van der Waals surface area contributed by atoms with Gasteiger partial charge in [0.1, 0.15) is 12.2 Å². The first-order chi connectivity index (χ1) is 20.2. The summed E-state index contributed by atoms with van der Waals surface area (Å²) in [7, 11) is 0. The molecule has 1 fully saturated rings. The number of Topliss-reactive ketones (excluding diaryl/α,β-unsaturated/α-hetero) is 2. The molecule has 3 aromatic rings. The van der Waals surface area contributed by atoms with E-state index in [-0.39, 0.29) is 30.5 Å². The van der Waals surface area contributed by atoms with Gasteiger partial charge in [0.15, 0.2) is 11.6 Å². The van der Waals surface area contributed by atoms with E-state index in [4.69, 9.17) is 9.47 Å². The fourth-order valence-corrected chi connectivity index (χ4v) is 4.73. The van der Waals surface area contributed by atoms with Gasteiger partial charge in [-0.3, -0.25) is 14.4 Å². The predicted molar refractivity (Wildman–Crippen MR) is 159 cm³/mol. The lowest BCUT2D eigenvalue weighted by Gasteiger charge is -2.24. The van der Waals surface area contributed by atoms with Crippen LogP contribution in [0.3, 0.4) is 0 Å². The minimum Gasteiger partial charge on any atom is -0.445 e. The molecule has 1 aliphatic heterocycles. The Morgan fingerprint density at radius 2 is 1.38 bits per heavy atom. The molecule has 0 saturated carbocycles. The second kappa shape index (κ2) is 14.5. The molecule has 42 heavy (non-hydrogen) atoms. The van der Waals surface area contributed by atoms with Gasteiger partial charge in [-0.1, -0.05) is 91.0 Å². The molecule has 2 N–H and O–H groups in total.